The minimum absolute atomic E-state index is 0.192. The number of H-pyrrole nitrogens is 1. The summed E-state index contributed by atoms with van der Waals surface area (Å²) >= 11 is 3.16. The van der Waals surface area contributed by atoms with E-state index in [0.29, 0.717) is 16.5 Å². The molecule has 0 aliphatic heterocycles. The summed E-state index contributed by atoms with van der Waals surface area (Å²) in [5.41, 5.74) is 7.05. The van der Waals surface area contributed by atoms with Crippen molar-refractivity contribution >= 4 is 27.0 Å². The van der Waals surface area contributed by atoms with Crippen LogP contribution in [0.5, 0.6) is 0 Å². The Hall–Kier alpha value is -0.940. The average Bonchev–Trinajstić information content (AvgIpc) is 2.72. The first-order valence-corrected chi connectivity index (χ1v) is 6.35. The van der Waals surface area contributed by atoms with E-state index in [4.69, 9.17) is 5.73 Å². The van der Waals surface area contributed by atoms with E-state index in [9.17, 15) is 4.39 Å². The smallest absolute Gasteiger partial charge is 0.139 e. The van der Waals surface area contributed by atoms with Gasteiger partial charge in [-0.1, -0.05) is 13.8 Å². The molecule has 0 fully saturated rings. The largest absolute Gasteiger partial charge is 0.341 e. The molecule has 2 rings (SSSR count). The van der Waals surface area contributed by atoms with Gasteiger partial charge in [-0.05, 0) is 28.4 Å². The molecule has 3 N–H and O–H groups in total. The molecule has 92 valence electrons. The number of aromatic nitrogens is 2. The molecular weight excluding hydrogens is 285 g/mol. The number of fused-ring (bicyclic) bond motifs is 1. The van der Waals surface area contributed by atoms with Crippen molar-refractivity contribution in [2.45, 2.75) is 25.7 Å². The quantitative estimate of drug-likeness (QED) is 0.915. The number of halogens is 2. The van der Waals surface area contributed by atoms with Crippen molar-refractivity contribution < 1.29 is 4.39 Å². The average molecular weight is 300 g/mol. The number of imidazole rings is 1. The lowest BCUT2D eigenvalue weighted by molar-refractivity contribution is 0.443. The van der Waals surface area contributed by atoms with E-state index in [1.165, 1.54) is 6.07 Å². The number of nitrogens with zero attached hydrogens (tertiary/aromatic N) is 1. The zero-order valence-corrected chi connectivity index (χ0v) is 11.4. The highest BCUT2D eigenvalue weighted by molar-refractivity contribution is 9.10. The summed E-state index contributed by atoms with van der Waals surface area (Å²) in [6.45, 7) is 4.62. The summed E-state index contributed by atoms with van der Waals surface area (Å²) in [6, 6.07) is 3.12. The van der Waals surface area contributed by atoms with Gasteiger partial charge in [0.25, 0.3) is 0 Å². The molecule has 3 nitrogen and oxygen atoms in total. The third-order valence-electron chi connectivity index (χ3n) is 3.33. The standard InChI is InChI=1S/C12H15BrFN3/c1-3-12(2,6-15)11-16-9-4-7(13)8(14)5-10(9)17-11/h4-5H,3,6,15H2,1-2H3,(H,16,17). The molecular formula is C12H15BrFN3. The lowest BCUT2D eigenvalue weighted by atomic mass is 9.87. The zero-order chi connectivity index (χ0) is 12.6. The van der Waals surface area contributed by atoms with E-state index in [1.54, 1.807) is 6.07 Å². The third kappa shape index (κ3) is 2.09. The number of hydrogen-bond donors (Lipinski definition) is 2. The highest BCUT2D eigenvalue weighted by Crippen LogP contribution is 2.28. The first kappa shape index (κ1) is 12.5. The summed E-state index contributed by atoms with van der Waals surface area (Å²) in [5.74, 6) is 0.522. The molecule has 0 amide bonds. The molecule has 0 radical (unpaired) electrons. The van der Waals surface area contributed by atoms with Crippen LogP contribution in [0.25, 0.3) is 11.0 Å². The Balaban J connectivity index is 2.58. The van der Waals surface area contributed by atoms with Crippen LogP contribution < -0.4 is 5.73 Å². The van der Waals surface area contributed by atoms with Crippen molar-refractivity contribution in [2.75, 3.05) is 6.54 Å². The molecule has 0 saturated heterocycles. The van der Waals surface area contributed by atoms with Crippen LogP contribution >= 0.6 is 15.9 Å². The number of benzene rings is 1. The monoisotopic (exact) mass is 299 g/mol. The zero-order valence-electron chi connectivity index (χ0n) is 9.85. The fourth-order valence-corrected chi connectivity index (χ4v) is 2.03. The molecule has 5 heteroatoms. The Kier molecular flexibility index (Phi) is 3.23. The molecule has 0 saturated carbocycles. The minimum atomic E-state index is -0.293. The van der Waals surface area contributed by atoms with Gasteiger partial charge in [0.1, 0.15) is 11.6 Å². The van der Waals surface area contributed by atoms with Crippen LogP contribution in [0.15, 0.2) is 16.6 Å². The lowest BCUT2D eigenvalue weighted by Gasteiger charge is -2.23. The van der Waals surface area contributed by atoms with Gasteiger partial charge in [0.15, 0.2) is 0 Å². The molecule has 0 bridgehead atoms. The SMILES string of the molecule is CCC(C)(CN)c1nc2cc(Br)c(F)cc2[nH]1. The maximum atomic E-state index is 13.4. The van der Waals surface area contributed by atoms with Gasteiger partial charge in [-0.3, -0.25) is 0 Å². The number of nitrogens with one attached hydrogen (secondary N) is 1. The molecule has 1 aromatic heterocycles. The Morgan fingerprint density at radius 2 is 2.24 bits per heavy atom. The van der Waals surface area contributed by atoms with Crippen LogP contribution in [0.3, 0.4) is 0 Å². The minimum Gasteiger partial charge on any atom is -0.341 e. The predicted molar refractivity (Wildman–Crippen MR) is 70.4 cm³/mol. The highest BCUT2D eigenvalue weighted by Gasteiger charge is 2.26. The van der Waals surface area contributed by atoms with E-state index >= 15 is 0 Å². The van der Waals surface area contributed by atoms with Crippen LogP contribution in [0.4, 0.5) is 4.39 Å². The number of nitrogens with two attached hydrogens (primary N) is 1. The van der Waals surface area contributed by atoms with E-state index < -0.39 is 0 Å². The van der Waals surface area contributed by atoms with Crippen LogP contribution in [-0.2, 0) is 5.41 Å². The Morgan fingerprint density at radius 3 is 2.82 bits per heavy atom. The topological polar surface area (TPSA) is 54.7 Å². The summed E-state index contributed by atoms with van der Waals surface area (Å²) in [4.78, 5) is 7.65. The Morgan fingerprint density at radius 1 is 1.53 bits per heavy atom. The van der Waals surface area contributed by atoms with Crippen LogP contribution in [0, 0.1) is 5.82 Å². The predicted octanol–water partition coefficient (Wildman–Crippen LogP) is 3.09. The number of aromatic amines is 1. The Bertz CT molecular complexity index is 507. The second-order valence-corrected chi connectivity index (χ2v) is 5.34. The summed E-state index contributed by atoms with van der Waals surface area (Å²) < 4.78 is 13.8. The normalized spacial score (nSPS) is 15.1. The van der Waals surface area contributed by atoms with Crippen molar-refractivity contribution in [3.8, 4) is 0 Å². The molecule has 0 aliphatic carbocycles. The molecule has 1 atom stereocenters. The Labute approximate surface area is 108 Å². The fraction of sp³-hybridized carbons (Fsp3) is 0.417. The molecule has 2 aromatic rings. The van der Waals surface area contributed by atoms with Crippen molar-refractivity contribution in [1.29, 1.82) is 0 Å². The second kappa shape index (κ2) is 4.38. The van der Waals surface area contributed by atoms with Gasteiger partial charge in [0, 0.05) is 18.0 Å². The summed E-state index contributed by atoms with van der Waals surface area (Å²) in [5, 5.41) is 0. The van der Waals surface area contributed by atoms with E-state index in [0.717, 1.165) is 17.8 Å². The molecule has 1 aromatic carbocycles. The maximum Gasteiger partial charge on any atom is 0.139 e. The fourth-order valence-electron chi connectivity index (χ4n) is 1.70. The molecule has 0 aliphatic rings. The maximum absolute atomic E-state index is 13.4. The van der Waals surface area contributed by atoms with Gasteiger partial charge in [-0.15, -0.1) is 0 Å². The van der Waals surface area contributed by atoms with Crippen molar-refractivity contribution in [3.63, 3.8) is 0 Å². The van der Waals surface area contributed by atoms with Gasteiger partial charge in [-0.25, -0.2) is 9.37 Å². The van der Waals surface area contributed by atoms with E-state index in [-0.39, 0.29) is 11.2 Å². The van der Waals surface area contributed by atoms with E-state index in [2.05, 4.69) is 39.7 Å². The second-order valence-electron chi connectivity index (χ2n) is 4.49. The highest BCUT2D eigenvalue weighted by atomic mass is 79.9. The van der Waals surface area contributed by atoms with Crippen LogP contribution in [0.1, 0.15) is 26.1 Å². The first-order chi connectivity index (χ1) is 8.00. The molecule has 1 heterocycles. The summed E-state index contributed by atoms with van der Waals surface area (Å²) in [6.07, 6.45) is 0.882. The van der Waals surface area contributed by atoms with Crippen molar-refractivity contribution in [2.24, 2.45) is 5.73 Å². The van der Waals surface area contributed by atoms with Crippen LogP contribution in [-0.4, -0.2) is 16.5 Å². The molecule has 0 spiro atoms. The molecule has 17 heavy (non-hydrogen) atoms. The van der Waals surface area contributed by atoms with Gasteiger partial charge >= 0.3 is 0 Å². The number of hydrogen-bond acceptors (Lipinski definition) is 2. The van der Waals surface area contributed by atoms with Gasteiger partial charge in [0.2, 0.25) is 0 Å². The third-order valence-corrected chi connectivity index (χ3v) is 3.93. The summed E-state index contributed by atoms with van der Waals surface area (Å²) in [7, 11) is 0. The van der Waals surface area contributed by atoms with Crippen molar-refractivity contribution in [1.82, 2.24) is 9.97 Å². The van der Waals surface area contributed by atoms with Gasteiger partial charge in [-0.2, -0.15) is 0 Å². The van der Waals surface area contributed by atoms with E-state index in [1.807, 2.05) is 0 Å². The van der Waals surface area contributed by atoms with Gasteiger partial charge < -0.3 is 10.7 Å². The van der Waals surface area contributed by atoms with Gasteiger partial charge in [0.05, 0.1) is 15.5 Å². The lowest BCUT2D eigenvalue weighted by Crippen LogP contribution is -2.32. The molecule has 1 unspecified atom stereocenters. The van der Waals surface area contributed by atoms with Crippen molar-refractivity contribution in [3.05, 3.63) is 28.2 Å². The first-order valence-electron chi connectivity index (χ1n) is 5.55. The van der Waals surface area contributed by atoms with Crippen LogP contribution in [0.2, 0.25) is 0 Å². The number of rotatable bonds is 3.